The molecule has 1 N–H and O–H groups in total. The van der Waals surface area contributed by atoms with Crippen molar-refractivity contribution in [3.05, 3.63) is 65.2 Å². The Labute approximate surface area is 135 Å². The van der Waals surface area contributed by atoms with Crippen LogP contribution in [-0.4, -0.2) is 11.9 Å². The Morgan fingerprint density at radius 1 is 1.04 bits per heavy atom. The third-order valence-corrected chi connectivity index (χ3v) is 3.18. The van der Waals surface area contributed by atoms with E-state index >= 15 is 0 Å². The second-order valence-corrected chi connectivity index (χ2v) is 5.33. The highest BCUT2D eigenvalue weighted by Gasteiger charge is 2.04. The first kappa shape index (κ1) is 16.5. The lowest BCUT2D eigenvalue weighted by Crippen LogP contribution is -2.05. The van der Waals surface area contributed by atoms with Crippen LogP contribution in [-0.2, 0) is 9.59 Å². The maximum atomic E-state index is 11.9. The topological polar surface area (TPSA) is 55.4 Å². The van der Waals surface area contributed by atoms with Crippen LogP contribution in [0.1, 0.15) is 23.6 Å². The van der Waals surface area contributed by atoms with Crippen LogP contribution in [0.3, 0.4) is 0 Å². The van der Waals surface area contributed by atoms with E-state index in [0.29, 0.717) is 11.4 Å². The minimum Gasteiger partial charge on any atom is -0.423 e. The van der Waals surface area contributed by atoms with Gasteiger partial charge in [0.15, 0.2) is 0 Å². The molecular weight excluding hydrogens is 290 g/mol. The molecule has 0 fully saturated rings. The van der Waals surface area contributed by atoms with Crippen molar-refractivity contribution in [2.45, 2.75) is 20.8 Å². The molecule has 1 amide bonds. The summed E-state index contributed by atoms with van der Waals surface area (Å²) in [5.41, 5.74) is 3.60. The molecule has 0 saturated carbocycles. The van der Waals surface area contributed by atoms with Crippen molar-refractivity contribution in [1.82, 2.24) is 0 Å². The predicted molar refractivity (Wildman–Crippen MR) is 91.3 cm³/mol. The number of anilines is 1. The van der Waals surface area contributed by atoms with Gasteiger partial charge in [-0.05, 0) is 49.2 Å². The van der Waals surface area contributed by atoms with Crippen molar-refractivity contribution in [3.8, 4) is 5.75 Å². The minimum atomic E-state index is -0.428. The van der Waals surface area contributed by atoms with Crippen molar-refractivity contribution in [2.24, 2.45) is 0 Å². The lowest BCUT2D eigenvalue weighted by molar-refractivity contribution is -0.129. The Bertz CT molecular complexity index is 746. The van der Waals surface area contributed by atoms with Gasteiger partial charge in [0.05, 0.1) is 0 Å². The van der Waals surface area contributed by atoms with Gasteiger partial charge in [-0.1, -0.05) is 29.8 Å². The van der Waals surface area contributed by atoms with E-state index in [0.717, 1.165) is 16.7 Å². The number of hydrogen-bond acceptors (Lipinski definition) is 3. The van der Waals surface area contributed by atoms with Gasteiger partial charge in [-0.25, -0.2) is 4.79 Å². The first-order valence-corrected chi connectivity index (χ1v) is 7.29. The van der Waals surface area contributed by atoms with Crippen LogP contribution < -0.4 is 10.1 Å². The Morgan fingerprint density at radius 3 is 2.35 bits per heavy atom. The van der Waals surface area contributed by atoms with Gasteiger partial charge in [0.1, 0.15) is 5.75 Å². The summed E-state index contributed by atoms with van der Waals surface area (Å²) >= 11 is 0. The van der Waals surface area contributed by atoms with E-state index in [1.807, 2.05) is 38.1 Å². The van der Waals surface area contributed by atoms with Crippen molar-refractivity contribution in [1.29, 1.82) is 0 Å². The molecule has 2 rings (SSSR count). The fraction of sp³-hybridized carbons (Fsp3) is 0.158. The highest BCUT2D eigenvalue weighted by molar-refractivity contribution is 5.90. The zero-order valence-corrected chi connectivity index (χ0v) is 13.4. The van der Waals surface area contributed by atoms with Crippen LogP contribution in [0, 0.1) is 13.8 Å². The molecule has 0 saturated heterocycles. The molecule has 0 atom stereocenters. The smallest absolute Gasteiger partial charge is 0.336 e. The second kappa shape index (κ2) is 7.40. The SMILES string of the molecule is CC(=O)Nc1ccc(/C=C/C(=O)Oc2ccc(C)cc2C)cc1. The lowest BCUT2D eigenvalue weighted by atomic mass is 10.1. The van der Waals surface area contributed by atoms with E-state index in [1.165, 1.54) is 13.0 Å². The summed E-state index contributed by atoms with van der Waals surface area (Å²) < 4.78 is 5.32. The molecule has 23 heavy (non-hydrogen) atoms. The number of aryl methyl sites for hydroxylation is 2. The molecule has 0 spiro atoms. The average molecular weight is 309 g/mol. The standard InChI is InChI=1S/C19H19NO3/c1-13-4-10-18(14(2)12-13)23-19(22)11-7-16-5-8-17(9-6-16)20-15(3)21/h4-12H,1-3H3,(H,20,21)/b11-7+. The zero-order chi connectivity index (χ0) is 16.8. The van der Waals surface area contributed by atoms with Gasteiger partial charge in [0.2, 0.25) is 5.91 Å². The normalized spacial score (nSPS) is 10.6. The molecule has 0 heterocycles. The van der Waals surface area contributed by atoms with Crippen molar-refractivity contribution in [2.75, 3.05) is 5.32 Å². The number of rotatable bonds is 4. The lowest BCUT2D eigenvalue weighted by Gasteiger charge is -2.06. The molecule has 0 aliphatic carbocycles. The van der Waals surface area contributed by atoms with Crippen LogP contribution >= 0.6 is 0 Å². The quantitative estimate of drug-likeness (QED) is 0.530. The van der Waals surface area contributed by atoms with E-state index < -0.39 is 5.97 Å². The molecule has 4 nitrogen and oxygen atoms in total. The van der Waals surface area contributed by atoms with E-state index in [1.54, 1.807) is 24.3 Å². The van der Waals surface area contributed by atoms with Gasteiger partial charge in [-0.15, -0.1) is 0 Å². The molecule has 2 aromatic carbocycles. The number of ether oxygens (including phenoxy) is 1. The third kappa shape index (κ3) is 5.11. The molecule has 0 unspecified atom stereocenters. The van der Waals surface area contributed by atoms with E-state index in [2.05, 4.69) is 5.32 Å². The third-order valence-electron chi connectivity index (χ3n) is 3.18. The molecule has 0 bridgehead atoms. The number of carbonyl (C=O) groups excluding carboxylic acids is 2. The molecular formula is C19H19NO3. The van der Waals surface area contributed by atoms with Gasteiger partial charge in [0.25, 0.3) is 0 Å². The van der Waals surface area contributed by atoms with Gasteiger partial charge in [0, 0.05) is 18.7 Å². The zero-order valence-electron chi connectivity index (χ0n) is 13.4. The maximum Gasteiger partial charge on any atom is 0.336 e. The Morgan fingerprint density at radius 2 is 1.74 bits per heavy atom. The highest BCUT2D eigenvalue weighted by Crippen LogP contribution is 2.19. The van der Waals surface area contributed by atoms with Gasteiger partial charge < -0.3 is 10.1 Å². The predicted octanol–water partition coefficient (Wildman–Crippen LogP) is 3.88. The largest absolute Gasteiger partial charge is 0.423 e. The molecule has 4 heteroatoms. The average Bonchev–Trinajstić information content (AvgIpc) is 2.49. The Balaban J connectivity index is 1.99. The first-order valence-electron chi connectivity index (χ1n) is 7.29. The Hall–Kier alpha value is -2.88. The summed E-state index contributed by atoms with van der Waals surface area (Å²) in [5, 5.41) is 2.69. The van der Waals surface area contributed by atoms with Crippen LogP contribution in [0.15, 0.2) is 48.5 Å². The summed E-state index contributed by atoms with van der Waals surface area (Å²) in [7, 11) is 0. The number of esters is 1. The molecule has 118 valence electrons. The van der Waals surface area contributed by atoms with Gasteiger partial charge in [-0.2, -0.15) is 0 Å². The fourth-order valence-electron chi connectivity index (χ4n) is 2.10. The van der Waals surface area contributed by atoms with Crippen LogP contribution in [0.2, 0.25) is 0 Å². The van der Waals surface area contributed by atoms with Gasteiger partial charge in [-0.3, -0.25) is 4.79 Å². The second-order valence-electron chi connectivity index (χ2n) is 5.33. The van der Waals surface area contributed by atoms with Crippen molar-refractivity contribution >= 4 is 23.6 Å². The number of hydrogen-bond donors (Lipinski definition) is 1. The summed E-state index contributed by atoms with van der Waals surface area (Å²) in [5.74, 6) is 0.0134. The molecule has 0 aromatic heterocycles. The summed E-state index contributed by atoms with van der Waals surface area (Å²) in [4.78, 5) is 22.8. The van der Waals surface area contributed by atoms with Crippen LogP contribution in [0.4, 0.5) is 5.69 Å². The summed E-state index contributed by atoms with van der Waals surface area (Å²) in [6, 6.07) is 12.8. The number of amides is 1. The monoisotopic (exact) mass is 309 g/mol. The van der Waals surface area contributed by atoms with Crippen LogP contribution in [0.5, 0.6) is 5.75 Å². The molecule has 0 aliphatic rings. The number of nitrogens with one attached hydrogen (secondary N) is 1. The van der Waals surface area contributed by atoms with Crippen LogP contribution in [0.25, 0.3) is 6.08 Å². The molecule has 0 aliphatic heterocycles. The minimum absolute atomic E-state index is 0.120. The maximum absolute atomic E-state index is 11.9. The molecule has 2 aromatic rings. The van der Waals surface area contributed by atoms with Crippen molar-refractivity contribution < 1.29 is 14.3 Å². The number of carbonyl (C=O) groups is 2. The highest BCUT2D eigenvalue weighted by atomic mass is 16.5. The van der Waals surface area contributed by atoms with E-state index in [4.69, 9.17) is 4.74 Å². The Kier molecular flexibility index (Phi) is 5.31. The summed E-state index contributed by atoms with van der Waals surface area (Å²) in [6.45, 7) is 5.35. The van der Waals surface area contributed by atoms with E-state index in [9.17, 15) is 9.59 Å². The fourth-order valence-corrected chi connectivity index (χ4v) is 2.10. The first-order chi connectivity index (χ1) is 10.9. The molecule has 0 radical (unpaired) electrons. The summed E-state index contributed by atoms with van der Waals surface area (Å²) in [6.07, 6.45) is 3.05. The number of benzene rings is 2. The van der Waals surface area contributed by atoms with Gasteiger partial charge >= 0.3 is 5.97 Å². The van der Waals surface area contributed by atoms with E-state index in [-0.39, 0.29) is 5.91 Å². The van der Waals surface area contributed by atoms with Crippen molar-refractivity contribution in [3.63, 3.8) is 0 Å².